The van der Waals surface area contributed by atoms with E-state index >= 15 is 0 Å². The number of hydrogen-bond acceptors (Lipinski definition) is 5. The number of rotatable bonds is 6. The van der Waals surface area contributed by atoms with Gasteiger partial charge in [0.15, 0.2) is 0 Å². The van der Waals surface area contributed by atoms with E-state index in [1.807, 2.05) is 13.8 Å². The maximum absolute atomic E-state index is 12.6. The number of likely N-dealkylation sites (N-methyl/N-ethyl adjacent to an activating group) is 1. The lowest BCUT2D eigenvalue weighted by atomic mass is 9.96. The van der Waals surface area contributed by atoms with Crippen molar-refractivity contribution in [1.82, 2.24) is 20.7 Å². The van der Waals surface area contributed by atoms with Crippen LogP contribution in [0.1, 0.15) is 57.4 Å². The lowest BCUT2D eigenvalue weighted by Gasteiger charge is -2.24. The van der Waals surface area contributed by atoms with Crippen LogP contribution in [0, 0.1) is 18.8 Å². The molecule has 0 bridgehead atoms. The van der Waals surface area contributed by atoms with Crippen molar-refractivity contribution in [3.05, 3.63) is 17.5 Å². The molecule has 156 valence electrons. The van der Waals surface area contributed by atoms with Crippen LogP contribution in [0.25, 0.3) is 0 Å². The Morgan fingerprint density at radius 3 is 2.75 bits per heavy atom. The zero-order chi connectivity index (χ0) is 20.7. The van der Waals surface area contributed by atoms with Crippen LogP contribution in [0.5, 0.6) is 0 Å². The monoisotopic (exact) mass is 392 g/mol. The standard InChI is InChI=1S/C20H32N4O4/c1-13(2)8-18(25)22-16-7-5-6-15(10-19(26)24(4)12-16)20(27)21-11-17-9-14(3)28-23-17/h9,13,15-16H,5-8,10-12H2,1-4H3,(H,21,27)(H,22,25). The van der Waals surface area contributed by atoms with Gasteiger partial charge in [-0.2, -0.15) is 0 Å². The number of aromatic nitrogens is 1. The second kappa shape index (κ2) is 10.2. The molecular weight excluding hydrogens is 360 g/mol. The number of nitrogens with zero attached hydrogens (tertiary/aromatic N) is 2. The Hall–Kier alpha value is -2.38. The zero-order valence-corrected chi connectivity index (χ0v) is 17.3. The molecule has 2 N–H and O–H groups in total. The van der Waals surface area contributed by atoms with Crippen molar-refractivity contribution < 1.29 is 18.9 Å². The van der Waals surface area contributed by atoms with Gasteiger partial charge in [0.25, 0.3) is 0 Å². The predicted molar refractivity (Wildman–Crippen MR) is 104 cm³/mol. The topological polar surface area (TPSA) is 105 Å². The summed E-state index contributed by atoms with van der Waals surface area (Å²) in [4.78, 5) is 38.8. The quantitative estimate of drug-likeness (QED) is 0.768. The average molecular weight is 393 g/mol. The maximum atomic E-state index is 12.6. The summed E-state index contributed by atoms with van der Waals surface area (Å²) in [5.41, 5.74) is 0.658. The molecule has 1 saturated heterocycles. The van der Waals surface area contributed by atoms with Crippen LogP contribution in [0.2, 0.25) is 0 Å². The van der Waals surface area contributed by atoms with Gasteiger partial charge in [-0.1, -0.05) is 25.4 Å². The van der Waals surface area contributed by atoms with Gasteiger partial charge in [-0.25, -0.2) is 0 Å². The molecule has 2 atom stereocenters. The molecule has 2 heterocycles. The molecule has 1 aromatic rings. The van der Waals surface area contributed by atoms with Crippen LogP contribution < -0.4 is 10.6 Å². The van der Waals surface area contributed by atoms with Crippen molar-refractivity contribution in [3.8, 4) is 0 Å². The van der Waals surface area contributed by atoms with Crippen molar-refractivity contribution >= 4 is 17.7 Å². The van der Waals surface area contributed by atoms with E-state index in [1.54, 1.807) is 24.9 Å². The fraction of sp³-hybridized carbons (Fsp3) is 0.700. The molecule has 1 aliphatic heterocycles. The van der Waals surface area contributed by atoms with Gasteiger partial charge in [0, 0.05) is 44.5 Å². The highest BCUT2D eigenvalue weighted by Crippen LogP contribution is 2.19. The molecule has 1 aliphatic rings. The second-order valence-corrected chi connectivity index (χ2v) is 8.12. The van der Waals surface area contributed by atoms with Crippen LogP contribution in [0.3, 0.4) is 0 Å². The molecule has 0 spiro atoms. The molecule has 28 heavy (non-hydrogen) atoms. The number of amides is 3. The molecule has 8 heteroatoms. The first kappa shape index (κ1) is 21.9. The van der Waals surface area contributed by atoms with Crippen molar-refractivity contribution in [3.63, 3.8) is 0 Å². The van der Waals surface area contributed by atoms with E-state index in [0.29, 0.717) is 30.8 Å². The molecule has 2 unspecified atom stereocenters. The van der Waals surface area contributed by atoms with Crippen molar-refractivity contribution in [2.45, 2.75) is 65.5 Å². The Morgan fingerprint density at radius 2 is 2.11 bits per heavy atom. The van der Waals surface area contributed by atoms with E-state index in [2.05, 4.69) is 15.8 Å². The number of carbonyl (C=O) groups is 3. The highest BCUT2D eigenvalue weighted by atomic mass is 16.5. The first-order valence-electron chi connectivity index (χ1n) is 9.97. The third-order valence-electron chi connectivity index (χ3n) is 4.90. The van der Waals surface area contributed by atoms with Crippen LogP contribution in [0.15, 0.2) is 10.6 Å². The normalized spacial score (nSPS) is 21.0. The predicted octanol–water partition coefficient (Wildman–Crippen LogP) is 1.78. The van der Waals surface area contributed by atoms with E-state index in [9.17, 15) is 14.4 Å². The van der Waals surface area contributed by atoms with Gasteiger partial charge in [0.05, 0.1) is 6.54 Å². The van der Waals surface area contributed by atoms with Crippen molar-refractivity contribution in [2.75, 3.05) is 13.6 Å². The van der Waals surface area contributed by atoms with Gasteiger partial charge >= 0.3 is 0 Å². The smallest absolute Gasteiger partial charge is 0.223 e. The fourth-order valence-electron chi connectivity index (χ4n) is 3.43. The largest absolute Gasteiger partial charge is 0.361 e. The number of hydrogen-bond donors (Lipinski definition) is 2. The third-order valence-corrected chi connectivity index (χ3v) is 4.90. The molecule has 0 saturated carbocycles. The summed E-state index contributed by atoms with van der Waals surface area (Å²) in [6.07, 6.45) is 2.77. The Bertz CT molecular complexity index is 686. The van der Waals surface area contributed by atoms with Crippen molar-refractivity contribution in [1.29, 1.82) is 0 Å². The Labute approximate surface area is 166 Å². The Morgan fingerprint density at radius 1 is 1.36 bits per heavy atom. The Kier molecular flexibility index (Phi) is 8.02. The summed E-state index contributed by atoms with van der Waals surface area (Å²) in [6, 6.07) is 1.69. The van der Waals surface area contributed by atoms with Crippen LogP contribution in [0.4, 0.5) is 0 Å². The minimum atomic E-state index is -0.381. The minimum Gasteiger partial charge on any atom is -0.361 e. The van der Waals surface area contributed by atoms with Gasteiger partial charge in [0.1, 0.15) is 11.5 Å². The number of aryl methyl sites for hydroxylation is 1. The second-order valence-electron chi connectivity index (χ2n) is 8.12. The van der Waals surface area contributed by atoms with Gasteiger partial charge in [-0.3, -0.25) is 14.4 Å². The molecule has 0 radical (unpaired) electrons. The molecule has 8 nitrogen and oxygen atoms in total. The summed E-state index contributed by atoms with van der Waals surface area (Å²) in [6.45, 7) is 6.55. The highest BCUT2D eigenvalue weighted by Gasteiger charge is 2.27. The first-order valence-corrected chi connectivity index (χ1v) is 9.97. The van der Waals surface area contributed by atoms with Crippen molar-refractivity contribution in [2.24, 2.45) is 11.8 Å². The minimum absolute atomic E-state index is 0.0114. The molecule has 3 amide bonds. The molecule has 0 aliphatic carbocycles. The fourth-order valence-corrected chi connectivity index (χ4v) is 3.43. The molecule has 1 fully saturated rings. The summed E-state index contributed by atoms with van der Waals surface area (Å²) in [7, 11) is 1.72. The average Bonchev–Trinajstić information content (AvgIpc) is 3.04. The van der Waals surface area contributed by atoms with Gasteiger partial charge < -0.3 is 20.1 Å². The van der Waals surface area contributed by atoms with E-state index in [4.69, 9.17) is 4.52 Å². The maximum Gasteiger partial charge on any atom is 0.223 e. The summed E-state index contributed by atoms with van der Waals surface area (Å²) >= 11 is 0. The molecular formula is C20H32N4O4. The number of carbonyl (C=O) groups excluding carboxylic acids is 3. The molecule has 2 rings (SSSR count). The van der Waals surface area contributed by atoms with E-state index < -0.39 is 0 Å². The number of nitrogens with one attached hydrogen (secondary N) is 2. The lowest BCUT2D eigenvalue weighted by molar-refractivity contribution is -0.135. The molecule has 1 aromatic heterocycles. The summed E-state index contributed by atoms with van der Waals surface area (Å²) < 4.78 is 5.00. The summed E-state index contributed by atoms with van der Waals surface area (Å²) in [5.74, 6) is 0.379. The molecule has 0 aromatic carbocycles. The van der Waals surface area contributed by atoms with E-state index in [1.165, 1.54) is 0 Å². The van der Waals surface area contributed by atoms with E-state index in [0.717, 1.165) is 12.8 Å². The summed E-state index contributed by atoms with van der Waals surface area (Å²) in [5, 5.41) is 9.75. The van der Waals surface area contributed by atoms with Crippen LogP contribution in [-0.4, -0.2) is 47.4 Å². The van der Waals surface area contributed by atoms with Gasteiger partial charge in [-0.05, 0) is 25.7 Å². The van der Waals surface area contributed by atoms with Gasteiger partial charge in [0.2, 0.25) is 17.7 Å². The Balaban J connectivity index is 1.92. The lowest BCUT2D eigenvalue weighted by Crippen LogP contribution is -2.44. The van der Waals surface area contributed by atoms with Gasteiger partial charge in [-0.15, -0.1) is 0 Å². The zero-order valence-electron chi connectivity index (χ0n) is 17.3. The van der Waals surface area contributed by atoms with E-state index in [-0.39, 0.29) is 48.6 Å². The van der Waals surface area contributed by atoms with Crippen LogP contribution in [-0.2, 0) is 20.9 Å². The van der Waals surface area contributed by atoms with Crippen LogP contribution >= 0.6 is 0 Å². The SMILES string of the molecule is Cc1cc(CNC(=O)C2CCCC(NC(=O)CC(C)C)CN(C)C(=O)C2)no1. The first-order chi connectivity index (χ1) is 13.2. The highest BCUT2D eigenvalue weighted by molar-refractivity contribution is 5.85. The third kappa shape index (κ3) is 6.98.